The van der Waals surface area contributed by atoms with Gasteiger partial charge in [0, 0.05) is 18.7 Å². The summed E-state index contributed by atoms with van der Waals surface area (Å²) < 4.78 is 19.6. The summed E-state index contributed by atoms with van der Waals surface area (Å²) >= 11 is 0. The van der Waals surface area contributed by atoms with Crippen molar-refractivity contribution in [3.05, 3.63) is 144 Å². The monoisotopic (exact) mass is 794 g/mol. The molecule has 2 aliphatic heterocycles. The highest BCUT2D eigenvalue weighted by atomic mass is 19.1. The Morgan fingerprint density at radius 3 is 1.71 bits per heavy atom. The first-order chi connectivity index (χ1) is 28.7. The molecule has 2 aromatic heterocycles. The van der Waals surface area contributed by atoms with Gasteiger partial charge in [0.05, 0.1) is 43.0 Å². The Balaban J connectivity index is 0.931. The SMILES string of the molecule is COC(=O)N[C@@H](C(=O)N1CCC[C@H]1c1ncc(-c2ccc(-c3ccc(-c4cnc([C@@H]5CCCN5C(=O)C(c5ccccc5F)N(C)C)[nH]4)cc3)cc2)[nH]1)c1ccccc1. The Hall–Kier alpha value is -6.60. The quantitative estimate of drug-likeness (QED) is 0.121. The zero-order chi connectivity index (χ0) is 41.0. The zero-order valence-corrected chi connectivity index (χ0v) is 33.3. The van der Waals surface area contributed by atoms with Gasteiger partial charge < -0.3 is 29.8 Å². The number of likely N-dealkylation sites (N-methyl/N-ethyl adjacent to an activating group) is 1. The van der Waals surface area contributed by atoms with E-state index in [1.54, 1.807) is 54.5 Å². The number of carbonyl (C=O) groups excluding carboxylic acids is 3. The second-order valence-electron chi connectivity index (χ2n) is 15.3. The minimum atomic E-state index is -0.881. The van der Waals surface area contributed by atoms with Gasteiger partial charge >= 0.3 is 6.09 Å². The third kappa shape index (κ3) is 8.11. The van der Waals surface area contributed by atoms with E-state index in [1.807, 2.05) is 47.4 Å². The fourth-order valence-corrected chi connectivity index (χ4v) is 8.38. The van der Waals surface area contributed by atoms with Crippen molar-refractivity contribution in [2.75, 3.05) is 34.3 Å². The van der Waals surface area contributed by atoms with E-state index in [0.717, 1.165) is 65.1 Å². The van der Waals surface area contributed by atoms with Crippen LogP contribution in [0, 0.1) is 5.82 Å². The molecule has 0 spiro atoms. The molecule has 0 bridgehead atoms. The minimum Gasteiger partial charge on any atom is -0.453 e. The number of benzene rings is 4. The van der Waals surface area contributed by atoms with Crippen LogP contribution < -0.4 is 5.32 Å². The number of amides is 3. The number of rotatable bonds is 11. The molecule has 4 atom stereocenters. The number of halogens is 1. The number of methoxy groups -OCH3 is 1. The Morgan fingerprint density at radius 1 is 0.712 bits per heavy atom. The number of nitrogens with zero attached hydrogens (tertiary/aromatic N) is 5. The van der Waals surface area contributed by atoms with E-state index in [2.05, 4.69) is 51.7 Å². The van der Waals surface area contributed by atoms with Gasteiger partial charge in [0.25, 0.3) is 5.91 Å². The average Bonchev–Trinajstić information content (AvgIpc) is 4.11. The molecule has 8 rings (SSSR count). The van der Waals surface area contributed by atoms with Gasteiger partial charge in [0.1, 0.15) is 29.5 Å². The van der Waals surface area contributed by atoms with Crippen molar-refractivity contribution in [2.45, 2.75) is 49.9 Å². The highest BCUT2D eigenvalue weighted by molar-refractivity contribution is 5.87. The van der Waals surface area contributed by atoms with Gasteiger partial charge in [0.15, 0.2) is 0 Å². The molecule has 0 saturated carbocycles. The number of nitrogens with one attached hydrogen (secondary N) is 3. The molecule has 0 radical (unpaired) electrons. The summed E-state index contributed by atoms with van der Waals surface area (Å²) in [4.78, 5) is 61.7. The predicted molar refractivity (Wildman–Crippen MR) is 222 cm³/mol. The first kappa shape index (κ1) is 39.2. The lowest BCUT2D eigenvalue weighted by atomic mass is 10.0. The van der Waals surface area contributed by atoms with Gasteiger partial charge in [-0.15, -0.1) is 0 Å². The van der Waals surface area contributed by atoms with Crippen molar-refractivity contribution in [3.8, 4) is 33.6 Å². The molecule has 12 nitrogen and oxygen atoms in total. The van der Waals surface area contributed by atoms with Crippen LogP contribution in [0.25, 0.3) is 33.6 Å². The van der Waals surface area contributed by atoms with Gasteiger partial charge in [0.2, 0.25) is 5.91 Å². The largest absolute Gasteiger partial charge is 0.453 e. The smallest absolute Gasteiger partial charge is 0.407 e. The minimum absolute atomic E-state index is 0.139. The first-order valence-corrected chi connectivity index (χ1v) is 19.9. The lowest BCUT2D eigenvalue weighted by molar-refractivity contribution is -0.137. The van der Waals surface area contributed by atoms with Gasteiger partial charge in [-0.05, 0) is 73.7 Å². The van der Waals surface area contributed by atoms with Gasteiger partial charge in [-0.1, -0.05) is 97.1 Å². The maximum atomic E-state index is 14.8. The molecule has 2 aliphatic rings. The number of aromatic nitrogens is 4. The standard InChI is InChI=1S/C46H47FN8O4/c1-53(2)41(34-13-7-8-14-35(34)47)45(57)55-26-10-16-39(55)43-49-28-37(51-43)32-23-19-30(20-24-32)29-17-21-31(22-18-29)36-27-48-42(50-36)38-15-9-25-54(38)44(56)40(52-46(58)59-3)33-11-5-4-6-12-33/h4-8,11-14,17-24,27-28,38-41H,9-10,15-16,25-26H2,1-3H3,(H,48,50)(H,49,51)(H,52,58)/t38-,39-,40+,41?/m0/s1. The Bertz CT molecular complexity index is 2410. The number of carbonyl (C=O) groups is 3. The first-order valence-electron chi connectivity index (χ1n) is 19.9. The molecular formula is C46H47FN8O4. The maximum absolute atomic E-state index is 14.8. The van der Waals surface area contributed by atoms with E-state index in [0.29, 0.717) is 30.0 Å². The number of likely N-dealkylation sites (tertiary alicyclic amines) is 2. The lowest BCUT2D eigenvalue weighted by Gasteiger charge is -2.31. The van der Waals surface area contributed by atoms with Gasteiger partial charge in [-0.3, -0.25) is 14.5 Å². The van der Waals surface area contributed by atoms with E-state index < -0.39 is 24.0 Å². The molecule has 4 aromatic carbocycles. The van der Waals surface area contributed by atoms with Crippen LogP contribution >= 0.6 is 0 Å². The van der Waals surface area contributed by atoms with Crippen LogP contribution in [0.5, 0.6) is 0 Å². The molecule has 4 heterocycles. The lowest BCUT2D eigenvalue weighted by Crippen LogP contribution is -2.42. The van der Waals surface area contributed by atoms with Crippen molar-refractivity contribution in [3.63, 3.8) is 0 Å². The molecule has 3 amide bonds. The van der Waals surface area contributed by atoms with E-state index in [4.69, 9.17) is 14.7 Å². The second kappa shape index (κ2) is 17.1. The summed E-state index contributed by atoms with van der Waals surface area (Å²) in [5.74, 6) is 0.673. The van der Waals surface area contributed by atoms with Crippen LogP contribution in [-0.2, 0) is 14.3 Å². The van der Waals surface area contributed by atoms with Crippen molar-refractivity contribution >= 4 is 17.9 Å². The normalized spacial score (nSPS) is 17.6. The third-order valence-corrected chi connectivity index (χ3v) is 11.4. The highest BCUT2D eigenvalue weighted by Gasteiger charge is 2.39. The molecule has 1 unspecified atom stereocenters. The highest BCUT2D eigenvalue weighted by Crippen LogP contribution is 2.37. The van der Waals surface area contributed by atoms with E-state index in [-0.39, 0.29) is 23.9 Å². The van der Waals surface area contributed by atoms with Crippen LogP contribution in [0.4, 0.5) is 9.18 Å². The molecule has 3 N–H and O–H groups in total. The summed E-state index contributed by atoms with van der Waals surface area (Å²) in [6, 6.07) is 30.0. The fourth-order valence-electron chi connectivity index (χ4n) is 8.38. The van der Waals surface area contributed by atoms with Crippen molar-refractivity contribution in [1.29, 1.82) is 0 Å². The van der Waals surface area contributed by atoms with Crippen LogP contribution in [0.2, 0.25) is 0 Å². The number of H-pyrrole nitrogens is 2. The third-order valence-electron chi connectivity index (χ3n) is 11.4. The molecule has 0 aliphatic carbocycles. The van der Waals surface area contributed by atoms with Crippen LogP contribution in [0.3, 0.4) is 0 Å². The molecule has 2 fully saturated rings. The molecular weight excluding hydrogens is 748 g/mol. The molecule has 6 aromatic rings. The van der Waals surface area contributed by atoms with E-state index in [1.165, 1.54) is 13.2 Å². The van der Waals surface area contributed by atoms with E-state index >= 15 is 0 Å². The summed E-state index contributed by atoms with van der Waals surface area (Å²) in [5.41, 5.74) is 6.77. The Labute approximate surface area is 342 Å². The average molecular weight is 795 g/mol. The molecule has 2 saturated heterocycles. The topological polar surface area (TPSA) is 140 Å². The van der Waals surface area contributed by atoms with Crippen molar-refractivity contribution in [2.24, 2.45) is 0 Å². The predicted octanol–water partition coefficient (Wildman–Crippen LogP) is 8.00. The number of hydrogen-bond acceptors (Lipinski definition) is 7. The number of alkyl carbamates (subject to hydrolysis) is 1. The number of imidazole rings is 2. The van der Waals surface area contributed by atoms with E-state index in [9.17, 15) is 18.8 Å². The summed E-state index contributed by atoms with van der Waals surface area (Å²) in [6.45, 7) is 1.14. The molecule has 13 heteroatoms. The second-order valence-corrected chi connectivity index (χ2v) is 15.3. The number of aromatic amines is 2. The maximum Gasteiger partial charge on any atom is 0.407 e. The van der Waals surface area contributed by atoms with Crippen molar-refractivity contribution < 1.29 is 23.5 Å². The van der Waals surface area contributed by atoms with Crippen LogP contribution in [-0.4, -0.2) is 86.8 Å². The number of hydrogen-bond donors (Lipinski definition) is 3. The van der Waals surface area contributed by atoms with Gasteiger partial charge in [-0.2, -0.15) is 0 Å². The molecule has 59 heavy (non-hydrogen) atoms. The molecule has 302 valence electrons. The number of ether oxygens (including phenoxy) is 1. The summed E-state index contributed by atoms with van der Waals surface area (Å²) in [7, 11) is 4.88. The van der Waals surface area contributed by atoms with Crippen LogP contribution in [0.1, 0.15) is 72.6 Å². The van der Waals surface area contributed by atoms with Crippen LogP contribution in [0.15, 0.2) is 116 Å². The zero-order valence-electron chi connectivity index (χ0n) is 33.3. The Kier molecular flexibility index (Phi) is 11.4. The van der Waals surface area contributed by atoms with Gasteiger partial charge in [-0.25, -0.2) is 19.2 Å². The fraction of sp³-hybridized carbons (Fsp3) is 0.283. The summed E-state index contributed by atoms with van der Waals surface area (Å²) in [6.07, 6.45) is 6.11. The Morgan fingerprint density at radius 2 is 1.20 bits per heavy atom. The summed E-state index contributed by atoms with van der Waals surface area (Å²) in [5, 5.41) is 2.71. The van der Waals surface area contributed by atoms with Crippen molar-refractivity contribution in [1.82, 2.24) is 40.0 Å².